The zero-order valence-corrected chi connectivity index (χ0v) is 12.4. The van der Waals surface area contributed by atoms with E-state index >= 15 is 0 Å². The summed E-state index contributed by atoms with van der Waals surface area (Å²) in [6.07, 6.45) is 3.93. The van der Waals surface area contributed by atoms with Crippen molar-refractivity contribution >= 4 is 11.9 Å². The smallest absolute Gasteiger partial charge is 0.329 e. The maximum atomic E-state index is 12.4. The van der Waals surface area contributed by atoms with Crippen molar-refractivity contribution in [3.63, 3.8) is 0 Å². The van der Waals surface area contributed by atoms with E-state index in [1.165, 1.54) is 0 Å². The van der Waals surface area contributed by atoms with Gasteiger partial charge in [-0.25, -0.2) is 4.79 Å². The number of carbonyl (C=O) groups excluding carboxylic acids is 1. The Morgan fingerprint density at radius 3 is 1.84 bits per heavy atom. The Morgan fingerprint density at radius 1 is 1.00 bits per heavy atom. The van der Waals surface area contributed by atoms with Crippen LogP contribution < -0.4 is 5.32 Å². The fourth-order valence-electron chi connectivity index (χ4n) is 3.71. The van der Waals surface area contributed by atoms with E-state index < -0.39 is 11.5 Å². The Labute approximate surface area is 115 Å². The van der Waals surface area contributed by atoms with Crippen LogP contribution in [0.3, 0.4) is 0 Å². The van der Waals surface area contributed by atoms with Crippen molar-refractivity contribution in [2.45, 2.75) is 65.3 Å². The number of rotatable bonds is 3. The molecule has 0 atom stereocenters. The lowest BCUT2D eigenvalue weighted by Gasteiger charge is -2.34. The maximum absolute atomic E-state index is 12.4. The highest BCUT2D eigenvalue weighted by molar-refractivity contribution is 5.90. The van der Waals surface area contributed by atoms with Crippen LogP contribution in [0.4, 0.5) is 0 Å². The Hall–Kier alpha value is -1.06. The summed E-state index contributed by atoms with van der Waals surface area (Å²) in [5.74, 6) is -1.05. The predicted molar refractivity (Wildman–Crippen MR) is 72.6 cm³/mol. The highest BCUT2D eigenvalue weighted by Gasteiger charge is 2.68. The number of nitrogens with one attached hydrogen (secondary N) is 1. The van der Waals surface area contributed by atoms with Gasteiger partial charge in [-0.05, 0) is 23.7 Å². The summed E-state index contributed by atoms with van der Waals surface area (Å²) in [7, 11) is 0. The minimum atomic E-state index is -1.02. The van der Waals surface area contributed by atoms with Crippen LogP contribution in [0.25, 0.3) is 0 Å². The summed E-state index contributed by atoms with van der Waals surface area (Å²) in [6, 6.07) is 0. The average molecular weight is 267 g/mol. The molecule has 4 heteroatoms. The van der Waals surface area contributed by atoms with Crippen molar-refractivity contribution in [2.75, 3.05) is 0 Å². The van der Waals surface area contributed by atoms with Crippen molar-refractivity contribution in [2.24, 2.45) is 16.7 Å². The van der Waals surface area contributed by atoms with E-state index in [0.29, 0.717) is 12.8 Å². The van der Waals surface area contributed by atoms with Crippen LogP contribution in [0.5, 0.6) is 0 Å². The molecule has 0 heterocycles. The molecular weight excluding hydrogens is 242 g/mol. The fraction of sp³-hybridized carbons (Fsp3) is 0.867. The molecule has 2 rings (SSSR count). The predicted octanol–water partition coefficient (Wildman–Crippen LogP) is 2.57. The lowest BCUT2D eigenvalue weighted by atomic mass is 9.81. The molecule has 0 spiro atoms. The number of carboxylic acids is 1. The lowest BCUT2D eigenvalue weighted by Crippen LogP contribution is -2.56. The first-order valence-corrected chi connectivity index (χ1v) is 7.20. The van der Waals surface area contributed by atoms with E-state index in [0.717, 1.165) is 19.3 Å². The Kier molecular flexibility index (Phi) is 3.19. The molecule has 0 unspecified atom stereocenters. The first-order chi connectivity index (χ1) is 8.65. The molecule has 0 aromatic rings. The van der Waals surface area contributed by atoms with Crippen LogP contribution >= 0.6 is 0 Å². The molecule has 0 bridgehead atoms. The second-order valence-corrected chi connectivity index (χ2v) is 7.31. The first-order valence-electron chi connectivity index (χ1n) is 7.20. The van der Waals surface area contributed by atoms with Gasteiger partial charge in [0, 0.05) is 5.92 Å². The van der Waals surface area contributed by atoms with Crippen LogP contribution in [0.2, 0.25) is 0 Å². The molecule has 2 aliphatic rings. The molecule has 2 fully saturated rings. The zero-order valence-electron chi connectivity index (χ0n) is 12.4. The maximum Gasteiger partial charge on any atom is 0.329 e. The van der Waals surface area contributed by atoms with Crippen molar-refractivity contribution in [3.8, 4) is 0 Å². The number of amides is 1. The van der Waals surface area contributed by atoms with E-state index in [1.54, 1.807) is 0 Å². The second-order valence-electron chi connectivity index (χ2n) is 7.31. The number of aliphatic carboxylic acids is 1. The molecule has 19 heavy (non-hydrogen) atoms. The number of hydrogen-bond donors (Lipinski definition) is 2. The summed E-state index contributed by atoms with van der Waals surface area (Å²) >= 11 is 0. The molecule has 2 saturated carbocycles. The molecule has 2 aliphatic carbocycles. The van der Waals surface area contributed by atoms with Gasteiger partial charge in [-0.1, -0.05) is 47.0 Å². The minimum Gasteiger partial charge on any atom is -0.480 e. The minimum absolute atomic E-state index is 0.0502. The normalized spacial score (nSPS) is 27.6. The molecule has 0 aliphatic heterocycles. The van der Waals surface area contributed by atoms with E-state index in [1.807, 2.05) is 0 Å². The van der Waals surface area contributed by atoms with E-state index in [-0.39, 0.29) is 22.7 Å². The van der Waals surface area contributed by atoms with Gasteiger partial charge in [-0.15, -0.1) is 0 Å². The Morgan fingerprint density at radius 2 is 1.47 bits per heavy atom. The van der Waals surface area contributed by atoms with Gasteiger partial charge in [0.05, 0.1) is 0 Å². The summed E-state index contributed by atoms with van der Waals surface area (Å²) in [5.41, 5.74) is -1.12. The van der Waals surface area contributed by atoms with Gasteiger partial charge in [0.2, 0.25) is 5.91 Å². The SMILES string of the molecule is CC1(C)C(C(=O)NC2(C(=O)O)CCCCC2)C1(C)C. The second kappa shape index (κ2) is 4.22. The summed E-state index contributed by atoms with van der Waals surface area (Å²) in [5, 5.41) is 12.4. The topological polar surface area (TPSA) is 66.4 Å². The van der Waals surface area contributed by atoms with Gasteiger partial charge in [0.25, 0.3) is 0 Å². The number of carboxylic acid groups (broad SMARTS) is 1. The Balaban J connectivity index is 2.11. The summed E-state index contributed by atoms with van der Waals surface area (Å²) in [4.78, 5) is 24.0. The third kappa shape index (κ3) is 2.05. The van der Waals surface area contributed by atoms with Crippen LogP contribution in [0, 0.1) is 16.7 Å². The first kappa shape index (κ1) is 14.4. The average Bonchev–Trinajstić information content (AvgIpc) is 2.70. The van der Waals surface area contributed by atoms with Gasteiger partial charge in [-0.2, -0.15) is 0 Å². The van der Waals surface area contributed by atoms with Gasteiger partial charge < -0.3 is 10.4 Å². The van der Waals surface area contributed by atoms with Crippen molar-refractivity contribution in [1.82, 2.24) is 5.32 Å². The molecular formula is C15H25NO3. The molecule has 108 valence electrons. The number of hydrogen-bond acceptors (Lipinski definition) is 2. The standard InChI is InChI=1S/C15H25NO3/c1-13(2)10(14(13,3)4)11(17)16-15(12(18)19)8-6-5-7-9-15/h10H,5-9H2,1-4H3,(H,16,17)(H,18,19). The molecule has 0 aromatic heterocycles. The third-order valence-electron chi connectivity index (χ3n) is 5.76. The van der Waals surface area contributed by atoms with Crippen molar-refractivity contribution in [1.29, 1.82) is 0 Å². The quantitative estimate of drug-likeness (QED) is 0.826. The van der Waals surface area contributed by atoms with Gasteiger partial charge in [0.1, 0.15) is 5.54 Å². The van der Waals surface area contributed by atoms with Gasteiger partial charge >= 0.3 is 5.97 Å². The monoisotopic (exact) mass is 267 g/mol. The third-order valence-corrected chi connectivity index (χ3v) is 5.76. The molecule has 2 N–H and O–H groups in total. The molecule has 4 nitrogen and oxygen atoms in total. The Bertz CT molecular complexity index is 392. The largest absolute Gasteiger partial charge is 0.480 e. The zero-order chi connectivity index (χ0) is 14.5. The van der Waals surface area contributed by atoms with Crippen LogP contribution in [-0.2, 0) is 9.59 Å². The molecule has 0 saturated heterocycles. The van der Waals surface area contributed by atoms with E-state index in [4.69, 9.17) is 0 Å². The van der Waals surface area contributed by atoms with Crippen LogP contribution in [0.1, 0.15) is 59.8 Å². The summed E-state index contributed by atoms with van der Waals surface area (Å²) < 4.78 is 0. The van der Waals surface area contributed by atoms with Gasteiger partial charge in [0.15, 0.2) is 0 Å². The molecule has 1 amide bonds. The molecule has 0 radical (unpaired) electrons. The lowest BCUT2D eigenvalue weighted by molar-refractivity contribution is -0.149. The highest BCUT2D eigenvalue weighted by atomic mass is 16.4. The summed E-state index contributed by atoms with van der Waals surface area (Å²) in [6.45, 7) is 8.30. The van der Waals surface area contributed by atoms with Crippen LogP contribution in [0.15, 0.2) is 0 Å². The van der Waals surface area contributed by atoms with Crippen molar-refractivity contribution in [3.05, 3.63) is 0 Å². The van der Waals surface area contributed by atoms with E-state index in [2.05, 4.69) is 33.0 Å². The van der Waals surface area contributed by atoms with Crippen molar-refractivity contribution < 1.29 is 14.7 Å². The highest BCUT2D eigenvalue weighted by Crippen LogP contribution is 2.68. The number of carbonyl (C=O) groups is 2. The van der Waals surface area contributed by atoms with E-state index in [9.17, 15) is 14.7 Å². The fourth-order valence-corrected chi connectivity index (χ4v) is 3.71. The van der Waals surface area contributed by atoms with Crippen LogP contribution in [-0.4, -0.2) is 22.5 Å². The molecule has 0 aromatic carbocycles. The van der Waals surface area contributed by atoms with Gasteiger partial charge in [-0.3, -0.25) is 4.79 Å².